The van der Waals surface area contributed by atoms with E-state index in [1.54, 1.807) is 12.1 Å². The molecule has 1 fully saturated rings. The van der Waals surface area contributed by atoms with Crippen LogP contribution in [0.3, 0.4) is 0 Å². The van der Waals surface area contributed by atoms with E-state index in [2.05, 4.69) is 10.6 Å². The van der Waals surface area contributed by atoms with Crippen LogP contribution in [0.5, 0.6) is 0 Å². The lowest BCUT2D eigenvalue weighted by atomic mass is 10.0. The van der Waals surface area contributed by atoms with Crippen LogP contribution in [-0.4, -0.2) is 25.5 Å². The van der Waals surface area contributed by atoms with E-state index in [-0.39, 0.29) is 5.91 Å². The maximum atomic E-state index is 11.6. The van der Waals surface area contributed by atoms with Crippen molar-refractivity contribution in [3.05, 3.63) is 33.8 Å². The summed E-state index contributed by atoms with van der Waals surface area (Å²) in [5.41, 5.74) is 0.878. The summed E-state index contributed by atoms with van der Waals surface area (Å²) in [7, 11) is 0. The van der Waals surface area contributed by atoms with Gasteiger partial charge in [-0.25, -0.2) is 0 Å². The predicted molar refractivity (Wildman–Crippen MR) is 69.5 cm³/mol. The Morgan fingerprint density at radius 2 is 2.12 bits per heavy atom. The van der Waals surface area contributed by atoms with E-state index in [9.17, 15) is 4.79 Å². The number of amides is 1. The molecular formula is C12H14Cl2N2O. The Bertz CT molecular complexity index is 419. The van der Waals surface area contributed by atoms with E-state index >= 15 is 0 Å². The third-order valence-electron chi connectivity index (χ3n) is 2.80. The minimum Gasteiger partial charge on any atom is -0.355 e. The highest BCUT2D eigenvalue weighted by Crippen LogP contribution is 2.22. The van der Waals surface area contributed by atoms with Crippen LogP contribution in [-0.2, 0) is 11.2 Å². The van der Waals surface area contributed by atoms with Crippen molar-refractivity contribution in [2.45, 2.75) is 6.42 Å². The van der Waals surface area contributed by atoms with Crippen LogP contribution < -0.4 is 10.6 Å². The molecule has 0 aromatic heterocycles. The molecule has 0 spiro atoms. The minimum atomic E-state index is 0.0234. The monoisotopic (exact) mass is 272 g/mol. The molecule has 1 aromatic carbocycles. The molecule has 1 amide bonds. The van der Waals surface area contributed by atoms with Crippen molar-refractivity contribution < 1.29 is 4.79 Å². The smallest absolute Gasteiger partial charge is 0.224 e. The highest BCUT2D eigenvalue weighted by atomic mass is 35.5. The summed E-state index contributed by atoms with van der Waals surface area (Å²) < 4.78 is 0. The van der Waals surface area contributed by atoms with Gasteiger partial charge in [0.15, 0.2) is 0 Å². The Balaban J connectivity index is 1.82. The summed E-state index contributed by atoms with van der Waals surface area (Å²) in [4.78, 5) is 11.6. The summed E-state index contributed by atoms with van der Waals surface area (Å²) in [5, 5.41) is 7.07. The first kappa shape index (κ1) is 12.7. The van der Waals surface area contributed by atoms with Gasteiger partial charge < -0.3 is 10.6 Å². The number of hydrogen-bond acceptors (Lipinski definition) is 2. The van der Waals surface area contributed by atoms with Gasteiger partial charge in [0.1, 0.15) is 0 Å². The van der Waals surface area contributed by atoms with Gasteiger partial charge in [-0.1, -0.05) is 29.3 Å². The number of carbonyl (C=O) groups excluding carboxylic acids is 1. The Kier molecular flexibility index (Phi) is 4.26. The highest BCUT2D eigenvalue weighted by molar-refractivity contribution is 6.42. The second-order valence-corrected chi connectivity index (χ2v) is 5.07. The fourth-order valence-corrected chi connectivity index (χ4v) is 1.97. The zero-order valence-corrected chi connectivity index (χ0v) is 10.8. The molecule has 0 bridgehead atoms. The van der Waals surface area contributed by atoms with E-state index in [0.717, 1.165) is 25.2 Å². The molecule has 1 aliphatic heterocycles. The molecular weight excluding hydrogens is 259 g/mol. The Morgan fingerprint density at radius 1 is 1.35 bits per heavy atom. The second kappa shape index (κ2) is 5.71. The molecule has 2 N–H and O–H groups in total. The molecule has 17 heavy (non-hydrogen) atoms. The van der Waals surface area contributed by atoms with Crippen LogP contribution in [0, 0.1) is 5.92 Å². The topological polar surface area (TPSA) is 41.1 Å². The summed E-state index contributed by atoms with van der Waals surface area (Å²) in [6.07, 6.45) is 0.344. The van der Waals surface area contributed by atoms with Crippen LogP contribution >= 0.6 is 23.2 Å². The Hall–Kier alpha value is -0.770. The number of carbonyl (C=O) groups is 1. The number of rotatable bonds is 4. The standard InChI is InChI=1S/C12H14Cl2N2O/c13-10-2-1-8(3-11(10)14)4-12(17)16-7-9-5-15-6-9/h1-3,9,15H,4-7H2,(H,16,17). The lowest BCUT2D eigenvalue weighted by Crippen LogP contribution is -2.48. The quantitative estimate of drug-likeness (QED) is 0.879. The molecule has 2 rings (SSSR count). The summed E-state index contributed by atoms with van der Waals surface area (Å²) >= 11 is 11.7. The van der Waals surface area contributed by atoms with Crippen molar-refractivity contribution in [1.29, 1.82) is 0 Å². The van der Waals surface area contributed by atoms with Crippen molar-refractivity contribution in [2.75, 3.05) is 19.6 Å². The van der Waals surface area contributed by atoms with Crippen molar-refractivity contribution in [3.8, 4) is 0 Å². The first-order valence-corrected chi connectivity index (χ1v) is 6.32. The van der Waals surface area contributed by atoms with Crippen LogP contribution in [0.4, 0.5) is 0 Å². The third-order valence-corrected chi connectivity index (χ3v) is 3.54. The fourth-order valence-electron chi connectivity index (χ4n) is 1.65. The molecule has 1 aromatic rings. The molecule has 1 aliphatic rings. The van der Waals surface area contributed by atoms with Gasteiger partial charge in [-0.2, -0.15) is 0 Å². The molecule has 3 nitrogen and oxygen atoms in total. The highest BCUT2D eigenvalue weighted by Gasteiger charge is 2.17. The van der Waals surface area contributed by atoms with Crippen LogP contribution in [0.25, 0.3) is 0 Å². The molecule has 0 radical (unpaired) electrons. The summed E-state index contributed by atoms with van der Waals surface area (Å²) in [6, 6.07) is 5.26. The van der Waals surface area contributed by atoms with Crippen LogP contribution in [0.2, 0.25) is 10.0 Å². The van der Waals surface area contributed by atoms with E-state index in [1.165, 1.54) is 0 Å². The number of halogens is 2. The lowest BCUT2D eigenvalue weighted by molar-refractivity contribution is -0.120. The second-order valence-electron chi connectivity index (χ2n) is 4.25. The predicted octanol–water partition coefficient (Wildman–Crippen LogP) is 1.87. The number of benzene rings is 1. The Labute approximate surface area is 110 Å². The molecule has 0 unspecified atom stereocenters. The largest absolute Gasteiger partial charge is 0.355 e. The Morgan fingerprint density at radius 3 is 2.71 bits per heavy atom. The van der Waals surface area contributed by atoms with E-state index in [1.807, 2.05) is 6.07 Å². The number of nitrogens with one attached hydrogen (secondary N) is 2. The van der Waals surface area contributed by atoms with Crippen LogP contribution in [0.15, 0.2) is 18.2 Å². The molecule has 0 aliphatic carbocycles. The zero-order valence-electron chi connectivity index (χ0n) is 9.30. The van der Waals surface area contributed by atoms with E-state index in [4.69, 9.17) is 23.2 Å². The van der Waals surface area contributed by atoms with Crippen LogP contribution in [0.1, 0.15) is 5.56 Å². The normalized spacial score (nSPS) is 15.4. The van der Waals surface area contributed by atoms with Crippen molar-refractivity contribution >= 4 is 29.1 Å². The van der Waals surface area contributed by atoms with Gasteiger partial charge in [0, 0.05) is 25.6 Å². The summed E-state index contributed by atoms with van der Waals surface area (Å²) in [6.45, 7) is 2.73. The molecule has 5 heteroatoms. The third kappa shape index (κ3) is 3.60. The van der Waals surface area contributed by atoms with Gasteiger partial charge in [0.05, 0.1) is 16.5 Å². The molecule has 92 valence electrons. The van der Waals surface area contributed by atoms with Gasteiger partial charge in [0.25, 0.3) is 0 Å². The first-order valence-electron chi connectivity index (χ1n) is 5.56. The fraction of sp³-hybridized carbons (Fsp3) is 0.417. The van der Waals surface area contributed by atoms with Crippen molar-refractivity contribution in [3.63, 3.8) is 0 Å². The average Bonchev–Trinajstić information content (AvgIpc) is 2.21. The molecule has 0 atom stereocenters. The minimum absolute atomic E-state index is 0.0234. The maximum Gasteiger partial charge on any atom is 0.224 e. The SMILES string of the molecule is O=C(Cc1ccc(Cl)c(Cl)c1)NCC1CNC1. The van der Waals surface area contributed by atoms with E-state index in [0.29, 0.717) is 22.4 Å². The first-order chi connectivity index (χ1) is 8.15. The van der Waals surface area contributed by atoms with Gasteiger partial charge in [-0.3, -0.25) is 4.79 Å². The van der Waals surface area contributed by atoms with Crippen molar-refractivity contribution in [1.82, 2.24) is 10.6 Å². The number of hydrogen-bond donors (Lipinski definition) is 2. The molecule has 1 heterocycles. The van der Waals surface area contributed by atoms with Gasteiger partial charge >= 0.3 is 0 Å². The zero-order chi connectivity index (χ0) is 12.3. The van der Waals surface area contributed by atoms with E-state index < -0.39 is 0 Å². The lowest BCUT2D eigenvalue weighted by Gasteiger charge is -2.27. The average molecular weight is 273 g/mol. The van der Waals surface area contributed by atoms with Crippen molar-refractivity contribution in [2.24, 2.45) is 5.92 Å². The van der Waals surface area contributed by atoms with Gasteiger partial charge in [0.2, 0.25) is 5.91 Å². The maximum absolute atomic E-state index is 11.6. The molecule has 0 saturated carbocycles. The molecule has 1 saturated heterocycles. The summed E-state index contributed by atoms with van der Waals surface area (Å²) in [5.74, 6) is 0.600. The van der Waals surface area contributed by atoms with Gasteiger partial charge in [-0.15, -0.1) is 0 Å². The van der Waals surface area contributed by atoms with Gasteiger partial charge in [-0.05, 0) is 17.7 Å².